The number of hydrogen-bond acceptors (Lipinski definition) is 3. The summed E-state index contributed by atoms with van der Waals surface area (Å²) in [5.74, 6) is -1.09. The molecule has 0 aliphatic heterocycles. The van der Waals surface area contributed by atoms with E-state index < -0.39 is 5.97 Å². The van der Waals surface area contributed by atoms with Gasteiger partial charge in [0.05, 0.1) is 16.7 Å². The second-order valence-corrected chi connectivity index (χ2v) is 6.98. The van der Waals surface area contributed by atoms with Crippen LogP contribution in [0.3, 0.4) is 0 Å². The van der Waals surface area contributed by atoms with E-state index in [2.05, 4.69) is 15.0 Å². The predicted molar refractivity (Wildman–Crippen MR) is 104 cm³/mol. The number of aromatic amines is 1. The molecule has 8 heteroatoms. The average molecular weight is 407 g/mol. The fraction of sp³-hybridized carbons (Fsp3) is 0.0556. The van der Waals surface area contributed by atoms with Crippen LogP contribution in [-0.2, 0) is 0 Å². The monoisotopic (exact) mass is 405 g/mol. The molecule has 0 unspecified atom stereocenters. The number of pyridine rings is 2. The molecule has 0 aliphatic rings. The topological polar surface area (TPSA) is 78.9 Å². The van der Waals surface area contributed by atoms with E-state index >= 15 is 0 Å². The van der Waals surface area contributed by atoms with Gasteiger partial charge in [-0.1, -0.05) is 34.8 Å². The van der Waals surface area contributed by atoms with Crippen LogP contribution in [0.5, 0.6) is 0 Å². The molecule has 4 rings (SSSR count). The van der Waals surface area contributed by atoms with Crippen molar-refractivity contribution in [2.45, 2.75) is 6.92 Å². The number of hydrogen-bond donors (Lipinski definition) is 2. The molecule has 1 aromatic carbocycles. The van der Waals surface area contributed by atoms with Crippen LogP contribution >= 0.6 is 34.8 Å². The van der Waals surface area contributed by atoms with Crippen LogP contribution in [0, 0.1) is 6.92 Å². The van der Waals surface area contributed by atoms with Crippen LogP contribution < -0.4 is 0 Å². The van der Waals surface area contributed by atoms with E-state index in [1.54, 1.807) is 31.2 Å². The van der Waals surface area contributed by atoms with Gasteiger partial charge in [-0.3, -0.25) is 0 Å². The first kappa shape index (κ1) is 17.1. The van der Waals surface area contributed by atoms with Gasteiger partial charge < -0.3 is 10.1 Å². The van der Waals surface area contributed by atoms with Crippen LogP contribution in [-0.4, -0.2) is 26.0 Å². The highest BCUT2D eigenvalue weighted by Gasteiger charge is 2.18. The smallest absolute Gasteiger partial charge is 0.354 e. The van der Waals surface area contributed by atoms with E-state index in [-0.39, 0.29) is 10.8 Å². The lowest BCUT2D eigenvalue weighted by Crippen LogP contribution is -2.01. The minimum atomic E-state index is -1.09. The van der Waals surface area contributed by atoms with E-state index in [0.29, 0.717) is 21.4 Å². The number of H-pyrrole nitrogens is 1. The van der Waals surface area contributed by atoms with Gasteiger partial charge in [0.15, 0.2) is 0 Å². The number of aromatic carboxylic acids is 1. The summed E-state index contributed by atoms with van der Waals surface area (Å²) in [6.45, 7) is 1.75. The normalized spacial score (nSPS) is 11.4. The maximum Gasteiger partial charge on any atom is 0.354 e. The van der Waals surface area contributed by atoms with Crippen LogP contribution in [0.4, 0.5) is 0 Å². The fourth-order valence-electron chi connectivity index (χ4n) is 3.06. The summed E-state index contributed by atoms with van der Waals surface area (Å²) in [5, 5.41) is 11.8. The Kier molecular flexibility index (Phi) is 4.03. The quantitative estimate of drug-likeness (QED) is 0.416. The summed E-state index contributed by atoms with van der Waals surface area (Å²) in [6.07, 6.45) is 0. The van der Waals surface area contributed by atoms with Gasteiger partial charge in [0.1, 0.15) is 16.0 Å². The number of aryl methyl sites for hydroxylation is 1. The molecule has 26 heavy (non-hydrogen) atoms. The molecular formula is C18H10Cl3N3O2. The summed E-state index contributed by atoms with van der Waals surface area (Å²) >= 11 is 18.5. The summed E-state index contributed by atoms with van der Waals surface area (Å²) in [7, 11) is 0. The molecular weight excluding hydrogens is 397 g/mol. The highest BCUT2D eigenvalue weighted by Crippen LogP contribution is 2.39. The molecule has 0 amide bonds. The molecule has 0 fully saturated rings. The molecule has 5 nitrogen and oxygen atoms in total. The number of aromatic nitrogens is 3. The molecule has 3 heterocycles. The Morgan fingerprint density at radius 1 is 1.00 bits per heavy atom. The number of carbonyl (C=O) groups is 1. The molecule has 0 atom stereocenters. The summed E-state index contributed by atoms with van der Waals surface area (Å²) in [4.78, 5) is 22.9. The van der Waals surface area contributed by atoms with Crippen molar-refractivity contribution in [1.29, 1.82) is 0 Å². The maximum absolute atomic E-state index is 11.3. The Labute approximate surface area is 162 Å². The molecule has 0 aliphatic carbocycles. The van der Waals surface area contributed by atoms with Gasteiger partial charge in [-0.15, -0.1) is 0 Å². The molecule has 0 radical (unpaired) electrons. The highest BCUT2D eigenvalue weighted by atomic mass is 35.5. The number of carboxylic acids is 1. The second kappa shape index (κ2) is 6.13. The largest absolute Gasteiger partial charge is 0.477 e. The SMILES string of the molecule is Cc1nc(C(=O)O)cc2c1[nH]c1c(-c3ccc(Cl)nc3Cl)cc(Cl)cc12. The first-order valence-electron chi connectivity index (χ1n) is 7.53. The summed E-state index contributed by atoms with van der Waals surface area (Å²) < 4.78 is 0. The molecule has 0 bridgehead atoms. The Balaban J connectivity index is 2.13. The first-order valence-corrected chi connectivity index (χ1v) is 8.67. The number of nitrogens with zero attached hydrogens (tertiary/aromatic N) is 2. The molecule has 0 spiro atoms. The fourth-order valence-corrected chi connectivity index (χ4v) is 3.72. The van der Waals surface area contributed by atoms with Gasteiger partial charge in [-0.05, 0) is 37.3 Å². The van der Waals surface area contributed by atoms with Crippen LogP contribution in [0.25, 0.3) is 32.9 Å². The van der Waals surface area contributed by atoms with Crippen molar-refractivity contribution < 1.29 is 9.90 Å². The maximum atomic E-state index is 11.3. The third-order valence-electron chi connectivity index (χ3n) is 4.17. The van der Waals surface area contributed by atoms with Crippen LogP contribution in [0.2, 0.25) is 15.3 Å². The average Bonchev–Trinajstić information content (AvgIpc) is 2.93. The standard InChI is InChI=1S/C18H10Cl3N3O2/c1-7-15-12(6-13(22-7)18(25)26)11-5-8(19)4-10(16(11)24-15)9-2-3-14(20)23-17(9)21/h2-6,24H,1H3,(H,25,26). The Morgan fingerprint density at radius 3 is 2.42 bits per heavy atom. The van der Waals surface area contributed by atoms with Crippen molar-refractivity contribution in [1.82, 2.24) is 15.0 Å². The van der Waals surface area contributed by atoms with Crippen molar-refractivity contribution in [3.05, 3.63) is 57.0 Å². The van der Waals surface area contributed by atoms with Gasteiger partial charge in [-0.25, -0.2) is 14.8 Å². The summed E-state index contributed by atoms with van der Waals surface area (Å²) in [5.41, 5.74) is 3.48. The molecule has 3 aromatic heterocycles. The zero-order valence-corrected chi connectivity index (χ0v) is 15.5. The molecule has 4 aromatic rings. The Hall–Kier alpha value is -2.34. The molecule has 2 N–H and O–H groups in total. The molecule has 0 saturated carbocycles. The first-order chi connectivity index (χ1) is 12.3. The lowest BCUT2D eigenvalue weighted by atomic mass is 10.0. The third-order valence-corrected chi connectivity index (χ3v) is 4.88. The van der Waals surface area contributed by atoms with E-state index in [1.165, 1.54) is 6.07 Å². The Morgan fingerprint density at radius 2 is 1.73 bits per heavy atom. The number of fused-ring (bicyclic) bond motifs is 3. The summed E-state index contributed by atoms with van der Waals surface area (Å²) in [6, 6.07) is 8.50. The second-order valence-electron chi connectivity index (χ2n) is 5.79. The van der Waals surface area contributed by atoms with Gasteiger partial charge in [0, 0.05) is 26.9 Å². The van der Waals surface area contributed by atoms with E-state index in [1.807, 2.05) is 0 Å². The lowest BCUT2D eigenvalue weighted by molar-refractivity contribution is 0.0690. The van der Waals surface area contributed by atoms with Crippen molar-refractivity contribution in [3.8, 4) is 11.1 Å². The van der Waals surface area contributed by atoms with Crippen molar-refractivity contribution in [2.75, 3.05) is 0 Å². The van der Waals surface area contributed by atoms with Crippen LogP contribution in [0.15, 0.2) is 30.3 Å². The highest BCUT2D eigenvalue weighted by molar-refractivity contribution is 6.36. The van der Waals surface area contributed by atoms with Gasteiger partial charge in [0.2, 0.25) is 0 Å². The zero-order valence-electron chi connectivity index (χ0n) is 13.3. The molecule has 0 saturated heterocycles. The van der Waals surface area contributed by atoms with Gasteiger partial charge >= 0.3 is 5.97 Å². The van der Waals surface area contributed by atoms with E-state index in [4.69, 9.17) is 34.8 Å². The number of benzene rings is 1. The number of nitrogens with one attached hydrogen (secondary N) is 1. The van der Waals surface area contributed by atoms with E-state index in [9.17, 15) is 9.90 Å². The van der Waals surface area contributed by atoms with E-state index in [0.717, 1.165) is 27.4 Å². The predicted octanol–water partition coefficient (Wildman–Crippen LogP) is 5.74. The number of carboxylic acid groups (broad SMARTS) is 1. The molecule has 130 valence electrons. The van der Waals surface area contributed by atoms with Crippen molar-refractivity contribution >= 4 is 62.6 Å². The Bertz CT molecular complexity index is 1220. The minimum Gasteiger partial charge on any atom is -0.477 e. The van der Waals surface area contributed by atoms with Crippen molar-refractivity contribution in [2.24, 2.45) is 0 Å². The number of rotatable bonds is 2. The van der Waals surface area contributed by atoms with Gasteiger partial charge in [0.25, 0.3) is 0 Å². The van der Waals surface area contributed by atoms with Gasteiger partial charge in [-0.2, -0.15) is 0 Å². The zero-order chi connectivity index (χ0) is 18.6. The van der Waals surface area contributed by atoms with Crippen molar-refractivity contribution in [3.63, 3.8) is 0 Å². The lowest BCUT2D eigenvalue weighted by Gasteiger charge is -2.07. The third kappa shape index (κ3) is 2.69. The number of halogens is 3. The minimum absolute atomic E-state index is 0.0244. The van der Waals surface area contributed by atoms with Crippen LogP contribution in [0.1, 0.15) is 16.2 Å².